The van der Waals surface area contributed by atoms with Gasteiger partial charge in [-0.3, -0.25) is 28.6 Å². The number of nitro benzene ring substituents is 2. The number of methoxy groups -OCH3 is 2. The Bertz CT molecular complexity index is 1060. The molecule has 0 bridgehead atoms. The lowest BCUT2D eigenvalue weighted by atomic mass is 10.2. The zero-order valence-corrected chi connectivity index (χ0v) is 16.5. The summed E-state index contributed by atoms with van der Waals surface area (Å²) >= 11 is 0. The Morgan fingerprint density at radius 1 is 0.806 bits per heavy atom. The van der Waals surface area contributed by atoms with E-state index in [0.29, 0.717) is 0 Å². The minimum Gasteiger partial charge on any atom is -0.759 e. The first-order chi connectivity index (χ1) is 14.4. The van der Waals surface area contributed by atoms with Crippen LogP contribution in [-0.2, 0) is 10.4 Å². The molecular weight excluding hydrogens is 444 g/mol. The molecule has 2 rings (SSSR count). The van der Waals surface area contributed by atoms with Crippen LogP contribution in [0.1, 0.15) is 0 Å². The largest absolute Gasteiger partial charge is 0.759 e. The topological polar surface area (TPSA) is 241 Å². The Balaban J connectivity index is 0.000000479. The lowest BCUT2D eigenvalue weighted by molar-refractivity contribution is -0.385. The van der Waals surface area contributed by atoms with E-state index in [4.69, 9.17) is 37.8 Å². The SMILES string of the molecule is COc1ccc([N+](=O)[O-])cc1[N+]#N.COc1ccc([N+](=O)[O-])cc1[N+]#N.O=S(=O)([O-])[O-]. The van der Waals surface area contributed by atoms with Gasteiger partial charge in [-0.2, -0.15) is 0 Å². The van der Waals surface area contributed by atoms with Crippen LogP contribution in [0.25, 0.3) is 9.95 Å². The van der Waals surface area contributed by atoms with Gasteiger partial charge in [-0.1, -0.05) is 0 Å². The molecule has 31 heavy (non-hydrogen) atoms. The van der Waals surface area contributed by atoms with Gasteiger partial charge in [-0.25, -0.2) is 0 Å². The Morgan fingerprint density at radius 3 is 1.29 bits per heavy atom. The summed E-state index contributed by atoms with van der Waals surface area (Å²) in [5, 5.41) is 37.6. The van der Waals surface area contributed by atoms with E-state index >= 15 is 0 Å². The number of hydrogen-bond donors (Lipinski definition) is 0. The van der Waals surface area contributed by atoms with Crippen molar-refractivity contribution >= 4 is 33.1 Å². The zero-order chi connectivity index (χ0) is 24.2. The summed E-state index contributed by atoms with van der Waals surface area (Å²) < 4.78 is 43.7. The summed E-state index contributed by atoms with van der Waals surface area (Å²) in [6, 6.07) is 7.53. The van der Waals surface area contributed by atoms with Crippen LogP contribution in [0.3, 0.4) is 0 Å². The first-order valence-electron chi connectivity index (χ1n) is 7.39. The van der Waals surface area contributed by atoms with E-state index < -0.39 is 20.2 Å². The van der Waals surface area contributed by atoms with Gasteiger partial charge in [0.1, 0.15) is 12.1 Å². The van der Waals surface area contributed by atoms with Gasteiger partial charge in [0.15, 0.2) is 9.95 Å². The number of nitrogens with zero attached hydrogens (tertiary/aromatic N) is 6. The van der Waals surface area contributed by atoms with Crippen molar-refractivity contribution in [3.63, 3.8) is 0 Å². The van der Waals surface area contributed by atoms with Gasteiger partial charge in [-0.05, 0) is 12.1 Å². The van der Waals surface area contributed by atoms with Gasteiger partial charge in [-0.15, -0.1) is 0 Å². The van der Waals surface area contributed by atoms with E-state index in [1.54, 1.807) is 0 Å². The lowest BCUT2D eigenvalue weighted by Gasteiger charge is -2.06. The molecule has 0 aliphatic heterocycles. The fraction of sp³-hybridized carbons (Fsp3) is 0.143. The van der Waals surface area contributed by atoms with Gasteiger partial charge in [0.2, 0.25) is 22.3 Å². The fourth-order valence-corrected chi connectivity index (χ4v) is 1.74. The summed E-state index contributed by atoms with van der Waals surface area (Å²) in [5.41, 5.74) is -0.212. The molecule has 2 aromatic carbocycles. The molecule has 0 aromatic heterocycles. The highest BCUT2D eigenvalue weighted by Crippen LogP contribution is 2.31. The van der Waals surface area contributed by atoms with Crippen LogP contribution in [0.5, 0.6) is 11.5 Å². The van der Waals surface area contributed by atoms with Crippen molar-refractivity contribution in [3.05, 3.63) is 66.6 Å². The van der Waals surface area contributed by atoms with Gasteiger partial charge in [0, 0.05) is 22.5 Å². The smallest absolute Gasteiger partial charge is 0.433 e. The molecule has 17 heteroatoms. The minimum atomic E-state index is -5.17. The number of rotatable bonds is 4. The van der Waals surface area contributed by atoms with Crippen LogP contribution >= 0.6 is 0 Å². The van der Waals surface area contributed by atoms with E-state index in [2.05, 4.69) is 9.95 Å². The molecule has 0 heterocycles. The van der Waals surface area contributed by atoms with Crippen LogP contribution in [0.2, 0.25) is 0 Å². The minimum absolute atomic E-state index is 0.0386. The first kappa shape index (κ1) is 26.5. The van der Waals surface area contributed by atoms with E-state index in [-0.39, 0.29) is 34.2 Å². The van der Waals surface area contributed by atoms with Gasteiger partial charge < -0.3 is 18.6 Å². The monoisotopic (exact) mass is 456 g/mol. The third-order valence-electron chi connectivity index (χ3n) is 2.96. The predicted molar refractivity (Wildman–Crippen MR) is 99.3 cm³/mol. The molecule has 16 nitrogen and oxygen atoms in total. The standard InChI is InChI=1S/2C7H6N3O3.H2O4S/c2*1-13-7-3-2-5(10(11)12)4-6(7)9-8;1-5(2,3)4/h2*2-4H,1H3;(H2,1,2,3,4)/q2*+1;/p-2. The van der Waals surface area contributed by atoms with Gasteiger partial charge >= 0.3 is 11.4 Å². The van der Waals surface area contributed by atoms with E-state index in [1.165, 1.54) is 38.5 Å². The van der Waals surface area contributed by atoms with Crippen molar-refractivity contribution < 1.29 is 36.8 Å². The summed E-state index contributed by atoms with van der Waals surface area (Å²) in [4.78, 5) is 25.2. The molecule has 164 valence electrons. The summed E-state index contributed by atoms with van der Waals surface area (Å²) in [6.45, 7) is 0. The molecule has 0 N–H and O–H groups in total. The van der Waals surface area contributed by atoms with E-state index in [9.17, 15) is 20.2 Å². The molecule has 0 unspecified atom stereocenters. The lowest BCUT2D eigenvalue weighted by Crippen LogP contribution is -1.91. The van der Waals surface area contributed by atoms with Crippen molar-refractivity contribution in [1.29, 1.82) is 10.8 Å². The van der Waals surface area contributed by atoms with Gasteiger partial charge in [0.05, 0.1) is 24.1 Å². The number of benzene rings is 2. The molecule has 0 atom stereocenters. The first-order valence-corrected chi connectivity index (χ1v) is 8.73. The molecular formula is C14H12N6O10S. The summed E-state index contributed by atoms with van der Waals surface area (Å²) in [6.07, 6.45) is 0. The van der Waals surface area contributed by atoms with Crippen molar-refractivity contribution in [2.75, 3.05) is 14.2 Å². The molecule has 0 spiro atoms. The zero-order valence-electron chi connectivity index (χ0n) is 15.6. The Kier molecular flexibility index (Phi) is 10.4. The van der Waals surface area contributed by atoms with Crippen LogP contribution in [0.15, 0.2) is 36.4 Å². The van der Waals surface area contributed by atoms with Crippen LogP contribution in [-0.4, -0.2) is 41.6 Å². The molecule has 0 fully saturated rings. The molecule has 0 radical (unpaired) electrons. The Labute approximate surface area is 173 Å². The van der Waals surface area contributed by atoms with E-state index in [0.717, 1.165) is 12.1 Å². The fourth-order valence-electron chi connectivity index (χ4n) is 1.74. The molecule has 2 aromatic rings. The third kappa shape index (κ3) is 10.0. The maximum Gasteiger partial charge on any atom is 0.433 e. The second-order valence-corrected chi connectivity index (χ2v) is 5.65. The molecule has 0 saturated carbocycles. The second kappa shape index (κ2) is 12.2. The number of non-ortho nitro benzene ring substituents is 2. The highest BCUT2D eigenvalue weighted by atomic mass is 32.3. The summed E-state index contributed by atoms with van der Waals surface area (Å²) in [5.74, 6) is 0.571. The number of ether oxygens (including phenoxy) is 2. The summed E-state index contributed by atoms with van der Waals surface area (Å²) in [7, 11) is -2.40. The normalized spacial score (nSPS) is 9.35. The quantitative estimate of drug-likeness (QED) is 0.212. The number of diazo groups is 2. The average Bonchev–Trinajstić information content (AvgIpc) is 2.71. The van der Waals surface area contributed by atoms with Crippen molar-refractivity contribution in [3.8, 4) is 11.5 Å². The van der Waals surface area contributed by atoms with E-state index in [1.807, 2.05) is 0 Å². The third-order valence-corrected chi connectivity index (χ3v) is 2.96. The second-order valence-electron chi connectivity index (χ2n) is 4.83. The predicted octanol–water partition coefficient (Wildman–Crippen LogP) is 2.84. The highest BCUT2D eigenvalue weighted by molar-refractivity contribution is 7.79. The Morgan fingerprint density at radius 2 is 1.10 bits per heavy atom. The van der Waals surface area contributed by atoms with Crippen molar-refractivity contribution in [2.24, 2.45) is 0 Å². The maximum atomic E-state index is 10.3. The van der Waals surface area contributed by atoms with Crippen LogP contribution < -0.4 is 9.47 Å². The number of nitro groups is 2. The maximum absolute atomic E-state index is 10.3. The average molecular weight is 456 g/mol. The van der Waals surface area contributed by atoms with Crippen molar-refractivity contribution in [1.82, 2.24) is 0 Å². The highest BCUT2D eigenvalue weighted by Gasteiger charge is 2.20. The molecule has 0 aliphatic rings. The molecule has 0 amide bonds. The van der Waals surface area contributed by atoms with Crippen LogP contribution in [0.4, 0.5) is 22.7 Å². The molecule has 0 saturated heterocycles. The number of hydrogen-bond acceptors (Lipinski definition) is 12. The van der Waals surface area contributed by atoms with Crippen LogP contribution in [0, 0.1) is 31.0 Å². The Hall–Kier alpha value is -4.45. The van der Waals surface area contributed by atoms with Gasteiger partial charge in [0.25, 0.3) is 11.4 Å². The molecule has 0 aliphatic carbocycles. The van der Waals surface area contributed by atoms with Crippen molar-refractivity contribution in [2.45, 2.75) is 0 Å².